The topological polar surface area (TPSA) is 128 Å². The van der Waals surface area contributed by atoms with Crippen molar-refractivity contribution < 1.29 is 9.59 Å². The van der Waals surface area contributed by atoms with Gasteiger partial charge < -0.3 is 20.9 Å². The van der Waals surface area contributed by atoms with Crippen molar-refractivity contribution in [1.29, 1.82) is 0 Å². The highest BCUT2D eigenvalue weighted by Gasteiger charge is 2.20. The number of aromatic nitrogens is 4. The number of aryl methyl sites for hydroxylation is 1. The van der Waals surface area contributed by atoms with Crippen molar-refractivity contribution in [3.63, 3.8) is 0 Å². The Hall–Kier alpha value is -3.49. The number of fused-ring (bicyclic) bond motifs is 1. The Kier molecular flexibility index (Phi) is 4.78. The summed E-state index contributed by atoms with van der Waals surface area (Å²) in [5.74, 6) is -0.0395. The van der Waals surface area contributed by atoms with Gasteiger partial charge in [-0.15, -0.1) is 0 Å². The number of amides is 2. The quantitative estimate of drug-likeness (QED) is 0.599. The van der Waals surface area contributed by atoms with Gasteiger partial charge >= 0.3 is 6.03 Å². The number of carbonyl (C=O) groups is 2. The SMILES string of the molecule is CCCNC(=O)Nc1cncc(C(=O)c2cn(C)c3ncnc(N)c23)c1. The minimum absolute atomic E-state index is 0.236. The fourth-order valence-corrected chi connectivity index (χ4v) is 2.61. The van der Waals surface area contributed by atoms with E-state index in [1.54, 1.807) is 23.9 Å². The first-order valence-electron chi connectivity index (χ1n) is 8.11. The molecule has 0 bridgehead atoms. The summed E-state index contributed by atoms with van der Waals surface area (Å²) in [6.07, 6.45) is 6.76. The van der Waals surface area contributed by atoms with Gasteiger partial charge in [0.15, 0.2) is 5.78 Å². The van der Waals surface area contributed by atoms with Crippen molar-refractivity contribution in [2.45, 2.75) is 13.3 Å². The summed E-state index contributed by atoms with van der Waals surface area (Å²) in [4.78, 5) is 36.9. The number of pyridine rings is 1. The smallest absolute Gasteiger partial charge is 0.319 e. The number of urea groups is 1. The van der Waals surface area contributed by atoms with Gasteiger partial charge in [0.05, 0.1) is 22.8 Å². The Labute approximate surface area is 149 Å². The number of hydrogen-bond acceptors (Lipinski definition) is 6. The fourth-order valence-electron chi connectivity index (χ4n) is 2.61. The molecule has 3 aromatic rings. The van der Waals surface area contributed by atoms with E-state index in [9.17, 15) is 9.59 Å². The van der Waals surface area contributed by atoms with Crippen LogP contribution in [0.15, 0.2) is 31.0 Å². The third-order valence-corrected chi connectivity index (χ3v) is 3.82. The second-order valence-electron chi connectivity index (χ2n) is 5.78. The molecule has 0 aliphatic carbocycles. The van der Waals surface area contributed by atoms with E-state index in [1.165, 1.54) is 18.7 Å². The Morgan fingerprint density at radius 2 is 2.08 bits per heavy atom. The van der Waals surface area contributed by atoms with E-state index in [4.69, 9.17) is 5.73 Å². The van der Waals surface area contributed by atoms with Crippen LogP contribution in [0.3, 0.4) is 0 Å². The van der Waals surface area contributed by atoms with Crippen LogP contribution in [0.25, 0.3) is 11.0 Å². The van der Waals surface area contributed by atoms with Gasteiger partial charge in [-0.05, 0) is 12.5 Å². The van der Waals surface area contributed by atoms with E-state index >= 15 is 0 Å². The second kappa shape index (κ2) is 7.18. The monoisotopic (exact) mass is 353 g/mol. The van der Waals surface area contributed by atoms with E-state index in [0.717, 1.165) is 6.42 Å². The molecule has 0 saturated heterocycles. The van der Waals surface area contributed by atoms with E-state index in [2.05, 4.69) is 25.6 Å². The third kappa shape index (κ3) is 3.32. The molecule has 3 aromatic heterocycles. The maximum atomic E-state index is 12.9. The highest BCUT2D eigenvalue weighted by molar-refractivity contribution is 6.18. The van der Waals surface area contributed by atoms with Gasteiger partial charge in [0.25, 0.3) is 0 Å². The van der Waals surface area contributed by atoms with Crippen molar-refractivity contribution in [3.8, 4) is 0 Å². The molecular formula is C17H19N7O2. The lowest BCUT2D eigenvalue weighted by atomic mass is 10.1. The molecule has 0 unspecified atom stereocenters. The molecule has 3 heterocycles. The molecule has 2 amide bonds. The first kappa shape index (κ1) is 17.3. The molecule has 0 aliphatic heterocycles. The Morgan fingerprint density at radius 3 is 2.85 bits per heavy atom. The summed E-state index contributed by atoms with van der Waals surface area (Å²) in [6.45, 7) is 2.52. The Balaban J connectivity index is 1.92. The summed E-state index contributed by atoms with van der Waals surface area (Å²) < 4.78 is 1.72. The van der Waals surface area contributed by atoms with E-state index in [-0.39, 0.29) is 17.6 Å². The van der Waals surface area contributed by atoms with Gasteiger partial charge in [-0.3, -0.25) is 9.78 Å². The number of carbonyl (C=O) groups excluding carboxylic acids is 2. The number of ketones is 1. The Morgan fingerprint density at radius 1 is 1.27 bits per heavy atom. The van der Waals surface area contributed by atoms with Crippen molar-refractivity contribution in [2.75, 3.05) is 17.6 Å². The molecule has 3 rings (SSSR count). The van der Waals surface area contributed by atoms with Crippen LogP contribution in [0.1, 0.15) is 29.3 Å². The molecule has 9 nitrogen and oxygen atoms in total. The molecule has 0 aromatic carbocycles. The minimum Gasteiger partial charge on any atom is -0.383 e. The standard InChI is InChI=1S/C17H19N7O2/c1-3-4-20-17(26)23-11-5-10(6-19-7-11)14(25)12-8-24(2)16-13(12)15(18)21-9-22-16/h5-9H,3-4H2,1-2H3,(H2,18,21,22)(H2,20,23,26). The average molecular weight is 353 g/mol. The molecule has 0 aliphatic rings. The predicted octanol–water partition coefficient (Wildman–Crippen LogP) is 1.71. The van der Waals surface area contributed by atoms with Crippen molar-refractivity contribution in [2.24, 2.45) is 7.05 Å². The molecule has 4 N–H and O–H groups in total. The van der Waals surface area contributed by atoms with Gasteiger partial charge in [0, 0.05) is 31.5 Å². The van der Waals surface area contributed by atoms with Gasteiger partial charge in [0.1, 0.15) is 17.8 Å². The summed E-state index contributed by atoms with van der Waals surface area (Å²) in [7, 11) is 1.78. The minimum atomic E-state index is -0.346. The van der Waals surface area contributed by atoms with Crippen molar-refractivity contribution in [1.82, 2.24) is 24.8 Å². The zero-order chi connectivity index (χ0) is 18.7. The number of anilines is 2. The van der Waals surface area contributed by atoms with Crippen molar-refractivity contribution in [3.05, 3.63) is 42.1 Å². The molecule has 0 saturated carbocycles. The maximum Gasteiger partial charge on any atom is 0.319 e. The lowest BCUT2D eigenvalue weighted by Gasteiger charge is -2.07. The zero-order valence-corrected chi connectivity index (χ0v) is 14.5. The normalized spacial score (nSPS) is 10.7. The van der Waals surface area contributed by atoms with E-state index in [1.807, 2.05) is 6.92 Å². The molecule has 0 spiro atoms. The summed E-state index contributed by atoms with van der Waals surface area (Å²) in [5, 5.41) is 5.85. The van der Waals surface area contributed by atoms with Crippen LogP contribution in [-0.4, -0.2) is 37.9 Å². The molecule has 0 atom stereocenters. The van der Waals surface area contributed by atoms with Crippen LogP contribution in [0, 0.1) is 0 Å². The number of nitrogen functional groups attached to an aromatic ring is 1. The van der Waals surface area contributed by atoms with Gasteiger partial charge in [-0.2, -0.15) is 0 Å². The Bertz CT molecular complexity index is 980. The average Bonchev–Trinajstić information content (AvgIpc) is 2.98. The number of hydrogen-bond donors (Lipinski definition) is 3. The predicted molar refractivity (Wildman–Crippen MR) is 97.9 cm³/mol. The van der Waals surface area contributed by atoms with Gasteiger partial charge in [-0.1, -0.05) is 6.92 Å². The first-order valence-corrected chi connectivity index (χ1v) is 8.11. The molecule has 0 radical (unpaired) electrons. The van der Waals surface area contributed by atoms with E-state index in [0.29, 0.717) is 34.4 Å². The number of nitrogens with one attached hydrogen (secondary N) is 2. The second-order valence-corrected chi connectivity index (χ2v) is 5.78. The lowest BCUT2D eigenvalue weighted by molar-refractivity contribution is 0.103. The van der Waals surface area contributed by atoms with Crippen LogP contribution in [0.5, 0.6) is 0 Å². The number of rotatable bonds is 5. The van der Waals surface area contributed by atoms with Gasteiger partial charge in [0.2, 0.25) is 0 Å². The largest absolute Gasteiger partial charge is 0.383 e. The highest BCUT2D eigenvalue weighted by atomic mass is 16.2. The van der Waals surface area contributed by atoms with Crippen LogP contribution in [0.4, 0.5) is 16.3 Å². The van der Waals surface area contributed by atoms with E-state index < -0.39 is 0 Å². The van der Waals surface area contributed by atoms with Crippen LogP contribution in [-0.2, 0) is 7.05 Å². The fraction of sp³-hybridized carbons (Fsp3) is 0.235. The molecule has 0 fully saturated rings. The van der Waals surface area contributed by atoms with Crippen LogP contribution in [0.2, 0.25) is 0 Å². The first-order chi connectivity index (χ1) is 12.5. The summed E-state index contributed by atoms with van der Waals surface area (Å²) in [5.41, 5.74) is 7.64. The molecular weight excluding hydrogens is 334 g/mol. The number of nitrogens with zero attached hydrogens (tertiary/aromatic N) is 4. The molecule has 26 heavy (non-hydrogen) atoms. The zero-order valence-electron chi connectivity index (χ0n) is 14.5. The third-order valence-electron chi connectivity index (χ3n) is 3.82. The lowest BCUT2D eigenvalue weighted by Crippen LogP contribution is -2.29. The summed E-state index contributed by atoms with van der Waals surface area (Å²) >= 11 is 0. The van der Waals surface area contributed by atoms with Crippen LogP contribution < -0.4 is 16.4 Å². The molecule has 9 heteroatoms. The van der Waals surface area contributed by atoms with Crippen molar-refractivity contribution >= 4 is 34.4 Å². The number of nitrogens with two attached hydrogens (primary N) is 1. The van der Waals surface area contributed by atoms with Crippen LogP contribution >= 0.6 is 0 Å². The molecule has 134 valence electrons. The maximum absolute atomic E-state index is 12.9. The van der Waals surface area contributed by atoms with Gasteiger partial charge in [-0.25, -0.2) is 14.8 Å². The highest BCUT2D eigenvalue weighted by Crippen LogP contribution is 2.25. The summed E-state index contributed by atoms with van der Waals surface area (Å²) in [6, 6.07) is 1.22.